The maximum atomic E-state index is 11.6. The Balaban J connectivity index is 1.78. The molecule has 5 heteroatoms. The lowest BCUT2D eigenvalue weighted by Gasteiger charge is -2.12. The van der Waals surface area contributed by atoms with Crippen molar-refractivity contribution in [3.63, 3.8) is 0 Å². The highest BCUT2D eigenvalue weighted by Crippen LogP contribution is 2.32. The van der Waals surface area contributed by atoms with E-state index in [1.54, 1.807) is 12.0 Å². The lowest BCUT2D eigenvalue weighted by Crippen LogP contribution is -2.36. The number of methoxy groups -OCH3 is 1. The quantitative estimate of drug-likeness (QED) is 0.757. The number of hydrogen-bond donors (Lipinski definition) is 2. The molecule has 2 N–H and O–H groups in total. The molecule has 1 aliphatic rings. The van der Waals surface area contributed by atoms with Gasteiger partial charge in [0.25, 0.3) is 0 Å². The van der Waals surface area contributed by atoms with E-state index in [4.69, 9.17) is 4.74 Å². The van der Waals surface area contributed by atoms with Gasteiger partial charge in [0.2, 0.25) is 5.91 Å². The Kier molecular flexibility index (Phi) is 6.01. The van der Waals surface area contributed by atoms with Crippen LogP contribution in [-0.4, -0.2) is 32.7 Å². The molecule has 1 amide bonds. The minimum absolute atomic E-state index is 0.0234. The molecule has 1 aromatic heterocycles. The second-order valence-corrected chi connectivity index (χ2v) is 6.42. The van der Waals surface area contributed by atoms with Crippen LogP contribution >= 0.6 is 11.3 Å². The normalized spacial score (nSPS) is 15.7. The van der Waals surface area contributed by atoms with Crippen LogP contribution in [0.15, 0.2) is 6.07 Å². The molecule has 0 fully saturated rings. The average Bonchev–Trinajstić information content (AvgIpc) is 2.89. The zero-order valence-corrected chi connectivity index (χ0v) is 13.1. The number of thiophene rings is 1. The molecule has 4 nitrogen and oxygen atoms in total. The predicted molar refractivity (Wildman–Crippen MR) is 82.3 cm³/mol. The molecule has 0 bridgehead atoms. The van der Waals surface area contributed by atoms with Crippen LogP contribution in [0.3, 0.4) is 0 Å². The minimum Gasteiger partial charge on any atom is -0.383 e. The fourth-order valence-corrected chi connectivity index (χ4v) is 3.71. The Labute approximate surface area is 124 Å². The van der Waals surface area contributed by atoms with E-state index in [0.29, 0.717) is 19.7 Å². The highest BCUT2D eigenvalue weighted by atomic mass is 32.1. The number of hydrogen-bond acceptors (Lipinski definition) is 4. The minimum atomic E-state index is 0.0234. The van der Waals surface area contributed by atoms with Crippen LogP contribution in [0.5, 0.6) is 0 Å². The molecule has 1 aromatic rings. The van der Waals surface area contributed by atoms with Crippen LogP contribution in [-0.2, 0) is 22.4 Å². The zero-order chi connectivity index (χ0) is 14.4. The maximum absolute atomic E-state index is 11.6. The number of fused-ring (bicyclic) bond motifs is 1. The molecule has 1 unspecified atom stereocenters. The van der Waals surface area contributed by atoms with Crippen LogP contribution < -0.4 is 10.6 Å². The van der Waals surface area contributed by atoms with Gasteiger partial charge in [0.15, 0.2) is 0 Å². The van der Waals surface area contributed by atoms with Gasteiger partial charge >= 0.3 is 0 Å². The van der Waals surface area contributed by atoms with E-state index in [1.165, 1.54) is 36.1 Å². The third kappa shape index (κ3) is 4.30. The summed E-state index contributed by atoms with van der Waals surface area (Å²) in [5.74, 6) is 0.0234. The molecule has 1 atom stereocenters. The first kappa shape index (κ1) is 15.5. The summed E-state index contributed by atoms with van der Waals surface area (Å²) in [6.07, 6.45) is 5.07. The van der Waals surface area contributed by atoms with Gasteiger partial charge in [-0.25, -0.2) is 0 Å². The van der Waals surface area contributed by atoms with Gasteiger partial charge < -0.3 is 15.4 Å². The van der Waals surface area contributed by atoms with E-state index >= 15 is 0 Å². The van der Waals surface area contributed by atoms with Crippen molar-refractivity contribution < 1.29 is 9.53 Å². The van der Waals surface area contributed by atoms with E-state index in [0.717, 1.165) is 0 Å². The van der Waals surface area contributed by atoms with Gasteiger partial charge in [0, 0.05) is 29.5 Å². The Hall–Kier alpha value is -0.910. The predicted octanol–water partition coefficient (Wildman–Crippen LogP) is 2.04. The van der Waals surface area contributed by atoms with Crippen molar-refractivity contribution in [2.24, 2.45) is 0 Å². The van der Waals surface area contributed by atoms with E-state index in [2.05, 4.69) is 23.6 Å². The van der Waals surface area contributed by atoms with Gasteiger partial charge in [0.1, 0.15) is 0 Å². The molecule has 20 heavy (non-hydrogen) atoms. The molecule has 0 saturated heterocycles. The van der Waals surface area contributed by atoms with Crippen LogP contribution in [0.1, 0.15) is 41.1 Å². The second-order valence-electron chi connectivity index (χ2n) is 5.25. The molecule has 0 spiro atoms. The van der Waals surface area contributed by atoms with E-state index in [-0.39, 0.29) is 11.9 Å². The number of carbonyl (C=O) groups excluding carboxylic acids is 1. The lowest BCUT2D eigenvalue weighted by atomic mass is 9.99. The van der Waals surface area contributed by atoms with Gasteiger partial charge in [-0.05, 0) is 44.2 Å². The summed E-state index contributed by atoms with van der Waals surface area (Å²) in [4.78, 5) is 14.5. The van der Waals surface area contributed by atoms with Gasteiger partial charge in [-0.3, -0.25) is 4.79 Å². The van der Waals surface area contributed by atoms with Crippen LogP contribution in [0.25, 0.3) is 0 Å². The smallest absolute Gasteiger partial charge is 0.234 e. The van der Waals surface area contributed by atoms with Crippen molar-refractivity contribution >= 4 is 17.2 Å². The zero-order valence-electron chi connectivity index (χ0n) is 12.3. The Bertz CT molecular complexity index is 422. The third-order valence-electron chi connectivity index (χ3n) is 3.64. The lowest BCUT2D eigenvalue weighted by molar-refractivity contribution is -0.120. The highest BCUT2D eigenvalue weighted by molar-refractivity contribution is 7.12. The number of nitrogens with one attached hydrogen (secondary N) is 2. The molecule has 0 saturated carbocycles. The van der Waals surface area contributed by atoms with Crippen molar-refractivity contribution in [2.45, 2.75) is 38.6 Å². The maximum Gasteiger partial charge on any atom is 0.234 e. The number of ether oxygens (including phenoxy) is 1. The summed E-state index contributed by atoms with van der Waals surface area (Å²) < 4.78 is 4.90. The highest BCUT2D eigenvalue weighted by Gasteiger charge is 2.16. The van der Waals surface area contributed by atoms with E-state index < -0.39 is 0 Å². The monoisotopic (exact) mass is 296 g/mol. The van der Waals surface area contributed by atoms with Gasteiger partial charge in [-0.2, -0.15) is 0 Å². The summed E-state index contributed by atoms with van der Waals surface area (Å²) in [6.45, 7) is 3.60. The molecular formula is C15H24N2O2S. The summed E-state index contributed by atoms with van der Waals surface area (Å²) in [5, 5.41) is 6.11. The summed E-state index contributed by atoms with van der Waals surface area (Å²) in [7, 11) is 1.63. The fraction of sp³-hybridized carbons (Fsp3) is 0.667. The first-order valence-corrected chi connectivity index (χ1v) is 8.13. The molecule has 1 heterocycles. The first-order valence-electron chi connectivity index (χ1n) is 7.31. The Morgan fingerprint density at radius 2 is 2.25 bits per heavy atom. The number of aryl methyl sites for hydroxylation is 2. The van der Waals surface area contributed by atoms with Crippen LogP contribution in [0.4, 0.5) is 0 Å². The molecule has 0 aromatic carbocycles. The van der Waals surface area contributed by atoms with Crippen molar-refractivity contribution in [1.82, 2.24) is 10.6 Å². The average molecular weight is 296 g/mol. The Morgan fingerprint density at radius 3 is 3.00 bits per heavy atom. The molecule has 1 aliphatic carbocycles. The van der Waals surface area contributed by atoms with E-state index in [1.807, 2.05) is 11.3 Å². The van der Waals surface area contributed by atoms with Gasteiger partial charge in [0.05, 0.1) is 13.2 Å². The SMILES string of the molecule is COCCNC(=O)CNC(C)c1cc2c(s1)CCCC2. The van der Waals surface area contributed by atoms with Crippen molar-refractivity contribution in [2.75, 3.05) is 26.8 Å². The number of amides is 1. The van der Waals surface area contributed by atoms with Gasteiger partial charge in [-0.15, -0.1) is 11.3 Å². The van der Waals surface area contributed by atoms with Gasteiger partial charge in [-0.1, -0.05) is 0 Å². The fourth-order valence-electron chi connectivity index (χ4n) is 2.43. The summed E-state index contributed by atoms with van der Waals surface area (Å²) >= 11 is 1.90. The van der Waals surface area contributed by atoms with Crippen molar-refractivity contribution in [1.29, 1.82) is 0 Å². The summed E-state index contributed by atoms with van der Waals surface area (Å²) in [5.41, 5.74) is 1.52. The molecule has 0 radical (unpaired) electrons. The topological polar surface area (TPSA) is 50.4 Å². The Morgan fingerprint density at radius 1 is 1.45 bits per heavy atom. The molecule has 0 aliphatic heterocycles. The third-order valence-corrected chi connectivity index (χ3v) is 5.06. The first-order chi connectivity index (χ1) is 9.70. The van der Waals surface area contributed by atoms with E-state index in [9.17, 15) is 4.79 Å². The second kappa shape index (κ2) is 7.76. The molecular weight excluding hydrogens is 272 g/mol. The number of carbonyl (C=O) groups is 1. The summed E-state index contributed by atoms with van der Waals surface area (Å²) in [6, 6.07) is 2.55. The van der Waals surface area contributed by atoms with Crippen LogP contribution in [0.2, 0.25) is 0 Å². The number of rotatable bonds is 7. The molecule has 2 rings (SSSR count). The van der Waals surface area contributed by atoms with Crippen LogP contribution in [0, 0.1) is 0 Å². The van der Waals surface area contributed by atoms with Crippen molar-refractivity contribution in [3.05, 3.63) is 21.4 Å². The van der Waals surface area contributed by atoms with Crippen molar-refractivity contribution in [3.8, 4) is 0 Å². The molecule has 112 valence electrons. The standard InChI is InChI=1S/C15H24N2O2S/c1-11(17-10-15(18)16-7-8-19-2)14-9-12-5-3-4-6-13(12)20-14/h9,11,17H,3-8,10H2,1-2H3,(H,16,18). The largest absolute Gasteiger partial charge is 0.383 e.